The highest BCUT2D eigenvalue weighted by atomic mass is 16.4. The third-order valence-corrected chi connectivity index (χ3v) is 4.50. The van der Waals surface area contributed by atoms with E-state index in [-0.39, 0.29) is 18.7 Å². The van der Waals surface area contributed by atoms with Gasteiger partial charge in [-0.3, -0.25) is 14.4 Å². The molecule has 144 valence electrons. The summed E-state index contributed by atoms with van der Waals surface area (Å²) in [5.74, 6) is 0.719. The number of carboxylic acids is 1. The van der Waals surface area contributed by atoms with Crippen LogP contribution < -0.4 is 11.1 Å². The quantitative estimate of drug-likeness (QED) is 0.568. The lowest BCUT2D eigenvalue weighted by atomic mass is 9.93. The summed E-state index contributed by atoms with van der Waals surface area (Å²) in [5.41, 5.74) is 6.67. The van der Waals surface area contributed by atoms with Crippen molar-refractivity contribution >= 4 is 23.6 Å². The molecule has 1 aromatic heterocycles. The number of carboxylic acid groups (broad SMARTS) is 1. The Balaban J connectivity index is 1.87. The molecule has 1 aliphatic heterocycles. The van der Waals surface area contributed by atoms with E-state index in [4.69, 9.17) is 17.3 Å². The average molecular weight is 372 g/mol. The number of rotatable bonds is 8. The van der Waals surface area contributed by atoms with E-state index < -0.39 is 23.8 Å². The Morgan fingerprint density at radius 1 is 1.52 bits per heavy atom. The molecule has 0 radical (unpaired) electrons. The van der Waals surface area contributed by atoms with Crippen LogP contribution in [0, 0.1) is 18.3 Å². The number of carbonyl (C=O) groups excluding carboxylic acids is 2. The van der Waals surface area contributed by atoms with Crippen molar-refractivity contribution < 1.29 is 19.5 Å². The van der Waals surface area contributed by atoms with Crippen molar-refractivity contribution in [3.63, 3.8) is 0 Å². The topological polar surface area (TPSA) is 126 Å². The zero-order chi connectivity index (χ0) is 19.8. The van der Waals surface area contributed by atoms with Crippen molar-refractivity contribution in [3.05, 3.63) is 23.9 Å². The maximum absolute atomic E-state index is 12.7. The number of pyridine rings is 1. The molecular weight excluding hydrogens is 348 g/mol. The molecule has 0 saturated carbocycles. The number of piperidine rings is 1. The highest BCUT2D eigenvalue weighted by molar-refractivity contribution is 5.86. The van der Waals surface area contributed by atoms with Crippen LogP contribution in [0.3, 0.4) is 0 Å². The predicted molar refractivity (Wildman–Crippen MR) is 99.3 cm³/mol. The van der Waals surface area contributed by atoms with Gasteiger partial charge in [0.15, 0.2) is 0 Å². The van der Waals surface area contributed by atoms with Gasteiger partial charge in [0.1, 0.15) is 11.9 Å². The monoisotopic (exact) mass is 372 g/mol. The second-order valence-corrected chi connectivity index (χ2v) is 6.59. The Bertz CT molecular complexity index is 743. The molecule has 2 amide bonds. The number of nitrogens with one attached hydrogen (secondary N) is 1. The van der Waals surface area contributed by atoms with E-state index in [0.29, 0.717) is 31.7 Å². The first kappa shape index (κ1) is 20.2. The van der Waals surface area contributed by atoms with Crippen molar-refractivity contribution in [2.75, 3.05) is 18.8 Å². The number of anilines is 1. The van der Waals surface area contributed by atoms with Crippen LogP contribution in [0.1, 0.15) is 31.2 Å². The molecule has 0 unspecified atom stereocenters. The summed E-state index contributed by atoms with van der Waals surface area (Å²) in [6.07, 6.45) is 8.65. The summed E-state index contributed by atoms with van der Waals surface area (Å²) in [6, 6.07) is 2.77. The van der Waals surface area contributed by atoms with Gasteiger partial charge in [-0.25, -0.2) is 4.98 Å². The van der Waals surface area contributed by atoms with Crippen molar-refractivity contribution in [2.24, 2.45) is 5.92 Å². The Labute approximate surface area is 158 Å². The number of nitrogen functional groups attached to an aromatic ring is 1. The number of nitrogens with zero attached hydrogens (tertiary/aromatic N) is 2. The van der Waals surface area contributed by atoms with Gasteiger partial charge in [0, 0.05) is 31.6 Å². The highest BCUT2D eigenvalue weighted by Gasteiger charge is 2.30. The van der Waals surface area contributed by atoms with Crippen molar-refractivity contribution in [1.82, 2.24) is 15.2 Å². The highest BCUT2D eigenvalue weighted by Crippen LogP contribution is 2.21. The maximum Gasteiger partial charge on any atom is 0.306 e. The Hall–Kier alpha value is -3.08. The molecule has 0 aliphatic carbocycles. The summed E-state index contributed by atoms with van der Waals surface area (Å²) in [4.78, 5) is 41.2. The summed E-state index contributed by atoms with van der Waals surface area (Å²) >= 11 is 0. The lowest BCUT2D eigenvalue weighted by Crippen LogP contribution is -2.44. The van der Waals surface area contributed by atoms with E-state index >= 15 is 0 Å². The largest absolute Gasteiger partial charge is 0.481 e. The van der Waals surface area contributed by atoms with Crippen molar-refractivity contribution in [2.45, 2.75) is 38.1 Å². The number of nitrogens with two attached hydrogens (primary N) is 1. The second-order valence-electron chi connectivity index (χ2n) is 6.59. The lowest BCUT2D eigenvalue weighted by Gasteiger charge is -2.32. The van der Waals surface area contributed by atoms with Gasteiger partial charge >= 0.3 is 5.97 Å². The molecular formula is C19H24N4O4. The fourth-order valence-electron chi connectivity index (χ4n) is 3.15. The van der Waals surface area contributed by atoms with Crippen LogP contribution in [0.25, 0.3) is 0 Å². The molecule has 8 heteroatoms. The van der Waals surface area contributed by atoms with Crippen molar-refractivity contribution in [3.8, 4) is 12.3 Å². The van der Waals surface area contributed by atoms with E-state index in [9.17, 15) is 14.4 Å². The zero-order valence-electron chi connectivity index (χ0n) is 15.1. The molecule has 1 aromatic rings. The number of likely N-dealkylation sites (tertiary alicyclic amines) is 1. The van der Waals surface area contributed by atoms with Gasteiger partial charge in [0.25, 0.3) is 0 Å². The summed E-state index contributed by atoms with van der Waals surface area (Å²) < 4.78 is 0. The number of amides is 2. The summed E-state index contributed by atoms with van der Waals surface area (Å²) in [6.45, 7) is 1.20. The lowest BCUT2D eigenvalue weighted by molar-refractivity contribution is -0.141. The molecule has 0 bridgehead atoms. The molecule has 1 aliphatic rings. The van der Waals surface area contributed by atoms with Crippen LogP contribution in [0.2, 0.25) is 0 Å². The molecule has 1 saturated heterocycles. The number of carbonyl (C=O) groups is 3. The summed E-state index contributed by atoms with van der Waals surface area (Å²) in [7, 11) is 0. The SMILES string of the molecule is C#C[C@H](CC(=O)O)NC(=O)C[C@H]1CCCN(CCc2ccnc(N)c2)C1=O. The van der Waals surface area contributed by atoms with E-state index in [0.717, 1.165) is 12.0 Å². The average Bonchev–Trinajstić information content (AvgIpc) is 2.61. The fourth-order valence-corrected chi connectivity index (χ4v) is 3.15. The number of hydrogen-bond acceptors (Lipinski definition) is 5. The predicted octanol–water partition coefficient (Wildman–Crippen LogP) is 0.428. The molecule has 4 N–H and O–H groups in total. The fraction of sp³-hybridized carbons (Fsp3) is 0.474. The molecule has 2 rings (SSSR count). The van der Waals surface area contributed by atoms with Crippen LogP contribution in [-0.4, -0.2) is 51.9 Å². The van der Waals surface area contributed by atoms with Gasteiger partial charge in [0.05, 0.1) is 6.42 Å². The molecule has 8 nitrogen and oxygen atoms in total. The Morgan fingerprint density at radius 3 is 2.96 bits per heavy atom. The summed E-state index contributed by atoms with van der Waals surface area (Å²) in [5, 5.41) is 11.3. The van der Waals surface area contributed by atoms with Crippen LogP contribution in [-0.2, 0) is 20.8 Å². The first-order valence-electron chi connectivity index (χ1n) is 8.85. The van der Waals surface area contributed by atoms with Gasteiger partial charge in [-0.05, 0) is 37.0 Å². The van der Waals surface area contributed by atoms with Gasteiger partial charge in [-0.2, -0.15) is 0 Å². The van der Waals surface area contributed by atoms with E-state index in [2.05, 4.69) is 16.2 Å². The van der Waals surface area contributed by atoms with Crippen LogP contribution in [0.5, 0.6) is 0 Å². The Morgan fingerprint density at radius 2 is 2.30 bits per heavy atom. The first-order chi connectivity index (χ1) is 12.9. The number of terminal acetylenes is 1. The minimum atomic E-state index is -1.09. The van der Waals surface area contributed by atoms with Crippen molar-refractivity contribution in [1.29, 1.82) is 0 Å². The van der Waals surface area contributed by atoms with E-state index in [1.807, 2.05) is 6.07 Å². The first-order valence-corrected chi connectivity index (χ1v) is 8.85. The number of aromatic nitrogens is 1. The van der Waals surface area contributed by atoms with Gasteiger partial charge < -0.3 is 21.1 Å². The smallest absolute Gasteiger partial charge is 0.306 e. The standard InChI is InChI=1S/C19H24N4O4/c1-2-15(12-18(25)26)22-17(24)11-14-4-3-8-23(19(14)27)9-6-13-5-7-21-16(20)10-13/h1,5,7,10,14-15H,3-4,6,8-9,11-12H2,(H2,20,21)(H,22,24)(H,25,26)/t14-,15-/m1/s1. The zero-order valence-corrected chi connectivity index (χ0v) is 15.1. The molecule has 2 atom stereocenters. The van der Waals surface area contributed by atoms with Gasteiger partial charge in [-0.1, -0.05) is 5.92 Å². The molecule has 27 heavy (non-hydrogen) atoms. The minimum absolute atomic E-state index is 0.00926. The Kier molecular flexibility index (Phi) is 7.17. The number of aliphatic carboxylic acids is 1. The third kappa shape index (κ3) is 6.29. The van der Waals surface area contributed by atoms with Gasteiger partial charge in [0.2, 0.25) is 11.8 Å². The van der Waals surface area contributed by atoms with Crippen LogP contribution in [0.4, 0.5) is 5.82 Å². The second kappa shape index (κ2) is 9.57. The maximum atomic E-state index is 12.7. The third-order valence-electron chi connectivity index (χ3n) is 4.50. The molecule has 0 aromatic carbocycles. The molecule has 1 fully saturated rings. The molecule has 2 heterocycles. The van der Waals surface area contributed by atoms with Gasteiger partial charge in [-0.15, -0.1) is 6.42 Å². The molecule has 0 spiro atoms. The van der Waals surface area contributed by atoms with E-state index in [1.54, 1.807) is 17.2 Å². The number of hydrogen-bond donors (Lipinski definition) is 3. The van der Waals surface area contributed by atoms with E-state index in [1.165, 1.54) is 0 Å². The van der Waals surface area contributed by atoms with Crippen LogP contribution >= 0.6 is 0 Å². The normalized spacial score (nSPS) is 17.8. The van der Waals surface area contributed by atoms with Crippen LogP contribution in [0.15, 0.2) is 18.3 Å². The minimum Gasteiger partial charge on any atom is -0.481 e.